The molecule has 0 aliphatic heterocycles. The largest absolute Gasteiger partial charge is 0.317 e. The highest BCUT2D eigenvalue weighted by atomic mass is 32.2. The van der Waals surface area contributed by atoms with Crippen LogP contribution in [0, 0.1) is 0 Å². The van der Waals surface area contributed by atoms with Crippen LogP contribution in [0.15, 0.2) is 0 Å². The maximum Gasteiger partial charge on any atom is 0.208 e. The summed E-state index contributed by atoms with van der Waals surface area (Å²) in [4.78, 5) is 0. The summed E-state index contributed by atoms with van der Waals surface area (Å²) >= 11 is 0. The molecule has 0 bridgehead atoms. The predicted molar refractivity (Wildman–Crippen MR) is 59.9 cm³/mol. The van der Waals surface area contributed by atoms with Gasteiger partial charge >= 0.3 is 0 Å². The van der Waals surface area contributed by atoms with Gasteiger partial charge in [-0.05, 0) is 25.9 Å². The minimum absolute atomic E-state index is 0.527. The molecule has 0 atom stereocenters. The number of hydrogen-bond acceptors (Lipinski definition) is 3. The van der Waals surface area contributed by atoms with Crippen molar-refractivity contribution < 1.29 is 8.42 Å². The molecule has 0 aliphatic rings. The summed E-state index contributed by atoms with van der Waals surface area (Å²) < 4.78 is 23.8. The van der Waals surface area contributed by atoms with Crippen molar-refractivity contribution in [2.75, 3.05) is 25.9 Å². The second kappa shape index (κ2) is 8.20. The lowest BCUT2D eigenvalue weighted by Crippen LogP contribution is -2.26. The molecule has 4 nitrogen and oxygen atoms in total. The van der Waals surface area contributed by atoms with Gasteiger partial charge in [0.25, 0.3) is 0 Å². The fraction of sp³-hybridized carbons (Fsp3) is 1.00. The van der Waals surface area contributed by atoms with Gasteiger partial charge in [-0.15, -0.1) is 0 Å². The summed E-state index contributed by atoms with van der Waals surface area (Å²) in [6.07, 6.45) is 5.72. The average Bonchev–Trinajstić information content (AvgIpc) is 2.08. The van der Waals surface area contributed by atoms with E-state index >= 15 is 0 Å². The summed E-state index contributed by atoms with van der Waals surface area (Å²) in [5, 5.41) is 3.27. The van der Waals surface area contributed by atoms with Crippen molar-refractivity contribution in [1.29, 1.82) is 0 Å². The smallest absolute Gasteiger partial charge is 0.208 e. The van der Waals surface area contributed by atoms with E-state index in [1.54, 1.807) is 0 Å². The highest BCUT2D eigenvalue weighted by Gasteiger charge is 1.97. The van der Waals surface area contributed by atoms with Gasteiger partial charge in [-0.2, -0.15) is 0 Å². The first-order chi connectivity index (χ1) is 6.56. The number of nitrogens with one attached hydrogen (secondary N) is 2. The van der Waals surface area contributed by atoms with Crippen molar-refractivity contribution in [3.05, 3.63) is 0 Å². The third kappa shape index (κ3) is 11.9. The lowest BCUT2D eigenvalue weighted by Gasteiger charge is -2.04. The van der Waals surface area contributed by atoms with Gasteiger partial charge in [0, 0.05) is 6.54 Å². The first-order valence-corrected chi connectivity index (χ1v) is 7.10. The summed E-state index contributed by atoms with van der Waals surface area (Å²) in [5.41, 5.74) is 0. The standard InChI is InChI=1S/C9H22N2O2S/c1-3-4-5-7-10-8-6-9-11-14(2,12)13/h10-11H,3-9H2,1-2H3. The van der Waals surface area contributed by atoms with Crippen LogP contribution in [0.1, 0.15) is 32.6 Å². The SMILES string of the molecule is CCCCCNCCCNS(C)(=O)=O. The molecule has 0 aromatic carbocycles. The molecule has 0 aromatic rings. The number of unbranched alkanes of at least 4 members (excludes halogenated alkanes) is 2. The van der Waals surface area contributed by atoms with Crippen molar-refractivity contribution >= 4 is 10.0 Å². The van der Waals surface area contributed by atoms with Gasteiger partial charge in [0.05, 0.1) is 6.26 Å². The van der Waals surface area contributed by atoms with Crippen LogP contribution in [0.25, 0.3) is 0 Å². The highest BCUT2D eigenvalue weighted by molar-refractivity contribution is 7.88. The molecule has 0 rings (SSSR count). The van der Waals surface area contributed by atoms with E-state index in [2.05, 4.69) is 17.0 Å². The lowest BCUT2D eigenvalue weighted by molar-refractivity contribution is 0.572. The van der Waals surface area contributed by atoms with E-state index in [9.17, 15) is 8.42 Å². The minimum atomic E-state index is -3.00. The Morgan fingerprint density at radius 1 is 1.00 bits per heavy atom. The van der Waals surface area contributed by atoms with Crippen LogP contribution < -0.4 is 10.0 Å². The Morgan fingerprint density at radius 3 is 2.21 bits per heavy atom. The first-order valence-electron chi connectivity index (χ1n) is 5.21. The molecule has 14 heavy (non-hydrogen) atoms. The Kier molecular flexibility index (Phi) is 8.12. The zero-order valence-corrected chi connectivity index (χ0v) is 9.99. The van der Waals surface area contributed by atoms with Crippen molar-refractivity contribution in [2.24, 2.45) is 0 Å². The van der Waals surface area contributed by atoms with Crippen LogP contribution in [-0.2, 0) is 10.0 Å². The maximum atomic E-state index is 10.7. The summed E-state index contributed by atoms with van der Waals surface area (Å²) in [7, 11) is -3.00. The fourth-order valence-electron chi connectivity index (χ4n) is 1.10. The Bertz CT molecular complexity index is 215. The molecule has 5 heteroatoms. The van der Waals surface area contributed by atoms with Gasteiger partial charge in [0.2, 0.25) is 10.0 Å². The second-order valence-electron chi connectivity index (χ2n) is 3.48. The molecule has 0 saturated heterocycles. The van der Waals surface area contributed by atoms with Crippen LogP contribution in [0.2, 0.25) is 0 Å². The number of sulfonamides is 1. The van der Waals surface area contributed by atoms with E-state index in [-0.39, 0.29) is 0 Å². The second-order valence-corrected chi connectivity index (χ2v) is 5.31. The molecule has 0 radical (unpaired) electrons. The van der Waals surface area contributed by atoms with Gasteiger partial charge in [-0.3, -0.25) is 0 Å². The Hall–Kier alpha value is -0.130. The molecular formula is C9H22N2O2S. The van der Waals surface area contributed by atoms with Crippen LogP contribution in [-0.4, -0.2) is 34.3 Å². The number of rotatable bonds is 9. The summed E-state index contributed by atoms with van der Waals surface area (Å²) in [5.74, 6) is 0. The molecule has 0 aliphatic carbocycles. The Labute approximate surface area is 87.5 Å². The van der Waals surface area contributed by atoms with Crippen molar-refractivity contribution in [3.8, 4) is 0 Å². The van der Waals surface area contributed by atoms with Gasteiger partial charge in [0.1, 0.15) is 0 Å². The van der Waals surface area contributed by atoms with Gasteiger partial charge in [-0.25, -0.2) is 13.1 Å². The molecule has 2 N–H and O–H groups in total. The van der Waals surface area contributed by atoms with Crippen LogP contribution in [0.4, 0.5) is 0 Å². The molecule has 0 unspecified atom stereocenters. The van der Waals surface area contributed by atoms with E-state index < -0.39 is 10.0 Å². The van der Waals surface area contributed by atoms with E-state index in [0.29, 0.717) is 6.54 Å². The van der Waals surface area contributed by atoms with Crippen molar-refractivity contribution in [3.63, 3.8) is 0 Å². The normalized spacial score (nSPS) is 11.9. The highest BCUT2D eigenvalue weighted by Crippen LogP contribution is 1.90. The molecule has 86 valence electrons. The van der Waals surface area contributed by atoms with Crippen molar-refractivity contribution in [2.45, 2.75) is 32.6 Å². The van der Waals surface area contributed by atoms with Crippen LogP contribution >= 0.6 is 0 Å². The first kappa shape index (κ1) is 13.9. The van der Waals surface area contributed by atoms with Gasteiger partial charge < -0.3 is 5.32 Å². The quantitative estimate of drug-likeness (QED) is 0.565. The zero-order chi connectivity index (χ0) is 10.9. The summed E-state index contributed by atoms with van der Waals surface area (Å²) in [6, 6.07) is 0. The molecule has 0 saturated carbocycles. The van der Waals surface area contributed by atoms with Crippen molar-refractivity contribution in [1.82, 2.24) is 10.0 Å². The molecule has 0 fully saturated rings. The van der Waals surface area contributed by atoms with E-state index in [4.69, 9.17) is 0 Å². The Balaban J connectivity index is 3.07. The molecule has 0 heterocycles. The fourth-order valence-corrected chi connectivity index (χ4v) is 1.61. The average molecular weight is 222 g/mol. The maximum absolute atomic E-state index is 10.7. The van der Waals surface area contributed by atoms with E-state index in [1.165, 1.54) is 25.5 Å². The zero-order valence-electron chi connectivity index (χ0n) is 9.17. The third-order valence-electron chi connectivity index (χ3n) is 1.85. The van der Waals surface area contributed by atoms with Crippen LogP contribution in [0.3, 0.4) is 0 Å². The molecule has 0 spiro atoms. The molecular weight excluding hydrogens is 200 g/mol. The van der Waals surface area contributed by atoms with Gasteiger partial charge in [-0.1, -0.05) is 19.8 Å². The predicted octanol–water partition coefficient (Wildman–Crippen LogP) is 0.706. The summed E-state index contributed by atoms with van der Waals surface area (Å²) in [6.45, 7) is 4.62. The monoisotopic (exact) mass is 222 g/mol. The molecule has 0 aromatic heterocycles. The Morgan fingerprint density at radius 2 is 1.64 bits per heavy atom. The van der Waals surface area contributed by atoms with E-state index in [1.807, 2.05) is 0 Å². The molecule has 0 amide bonds. The van der Waals surface area contributed by atoms with Crippen LogP contribution in [0.5, 0.6) is 0 Å². The number of hydrogen-bond donors (Lipinski definition) is 2. The minimum Gasteiger partial charge on any atom is -0.317 e. The lowest BCUT2D eigenvalue weighted by atomic mass is 10.2. The topological polar surface area (TPSA) is 58.2 Å². The third-order valence-corrected chi connectivity index (χ3v) is 2.58. The van der Waals surface area contributed by atoms with E-state index in [0.717, 1.165) is 19.5 Å². The van der Waals surface area contributed by atoms with Gasteiger partial charge in [0.15, 0.2) is 0 Å².